The van der Waals surface area contributed by atoms with Gasteiger partial charge in [-0.15, -0.1) is 0 Å². The molecule has 2 heterocycles. The van der Waals surface area contributed by atoms with Crippen LogP contribution in [-0.2, 0) is 18.3 Å². The Balaban J connectivity index is 1.76. The summed E-state index contributed by atoms with van der Waals surface area (Å²) < 4.78 is 30.0. The molecule has 0 aliphatic rings. The van der Waals surface area contributed by atoms with Crippen LogP contribution in [0.15, 0.2) is 42.7 Å². The van der Waals surface area contributed by atoms with Crippen LogP contribution in [0, 0.1) is 17.6 Å². The summed E-state index contributed by atoms with van der Waals surface area (Å²) in [6, 6.07) is 7.35. The zero-order valence-electron chi connectivity index (χ0n) is 19.6. The van der Waals surface area contributed by atoms with Crippen molar-refractivity contribution in [1.29, 1.82) is 0 Å². The molecule has 5 N–H and O–H groups in total. The molecular weight excluding hydrogens is 456 g/mol. The quantitative estimate of drug-likeness (QED) is 0.328. The predicted molar refractivity (Wildman–Crippen MR) is 129 cm³/mol. The average Bonchev–Trinajstić information content (AvgIpc) is 3.27. The number of nitrogens with one attached hydrogen (secondary N) is 3. The summed E-state index contributed by atoms with van der Waals surface area (Å²) in [4.78, 5) is 28.6. The molecule has 0 aliphatic heterocycles. The maximum atomic E-state index is 15.0. The highest BCUT2D eigenvalue weighted by molar-refractivity contribution is 5.99. The number of anilines is 1. The zero-order valence-corrected chi connectivity index (χ0v) is 19.6. The lowest BCUT2D eigenvalue weighted by atomic mass is 10.1. The number of halogens is 2. The van der Waals surface area contributed by atoms with Crippen molar-refractivity contribution < 1.29 is 18.4 Å². The fourth-order valence-electron chi connectivity index (χ4n) is 3.35. The number of nitrogens with zero attached hydrogens (tertiary/aromatic N) is 3. The number of carbonyl (C=O) groups is 2. The Labute approximate surface area is 202 Å². The van der Waals surface area contributed by atoms with E-state index in [4.69, 9.17) is 5.73 Å². The SMILES string of the molecule is C[C@@H](CNC(=O)CN)CNC(=O)c1cc(F)c(-c2cnn(C)c2)nc1NCCc1cccc(F)c1. The van der Waals surface area contributed by atoms with Crippen molar-refractivity contribution in [3.8, 4) is 11.3 Å². The maximum absolute atomic E-state index is 15.0. The Morgan fingerprint density at radius 2 is 1.94 bits per heavy atom. The second-order valence-electron chi connectivity index (χ2n) is 8.25. The second kappa shape index (κ2) is 12.0. The third-order valence-corrected chi connectivity index (χ3v) is 5.24. The van der Waals surface area contributed by atoms with Gasteiger partial charge >= 0.3 is 0 Å². The summed E-state index contributed by atoms with van der Waals surface area (Å²) in [5.41, 5.74) is 6.60. The Morgan fingerprint density at radius 1 is 1.17 bits per heavy atom. The molecule has 0 saturated carbocycles. The standard InChI is InChI=1S/C24H29F2N7O2/c1-15(11-29-21(34)10-27)12-30-24(35)19-9-20(26)22(17-13-31-33(2)14-17)32-23(19)28-7-6-16-4-3-5-18(25)8-16/h3-5,8-9,13-15H,6-7,10-12,27H2,1-2H3,(H,28,32)(H,29,34)(H,30,35)/t15-/m0/s1. The molecule has 2 amide bonds. The van der Waals surface area contributed by atoms with Gasteiger partial charge in [-0.05, 0) is 36.1 Å². The molecule has 1 atom stereocenters. The molecule has 11 heteroatoms. The minimum absolute atomic E-state index is 0.0348. The molecule has 186 valence electrons. The van der Waals surface area contributed by atoms with Crippen molar-refractivity contribution >= 4 is 17.6 Å². The van der Waals surface area contributed by atoms with E-state index in [1.54, 1.807) is 25.4 Å². The van der Waals surface area contributed by atoms with Crippen LogP contribution in [0.1, 0.15) is 22.8 Å². The highest BCUT2D eigenvalue weighted by Crippen LogP contribution is 2.25. The lowest BCUT2D eigenvalue weighted by Crippen LogP contribution is -2.38. The number of nitrogens with two attached hydrogens (primary N) is 1. The molecule has 0 spiro atoms. The van der Waals surface area contributed by atoms with Gasteiger partial charge in [0.05, 0.1) is 18.3 Å². The molecule has 0 bridgehead atoms. The lowest BCUT2D eigenvalue weighted by Gasteiger charge is -2.16. The van der Waals surface area contributed by atoms with Gasteiger partial charge in [0.2, 0.25) is 5.91 Å². The number of rotatable bonds is 11. The molecule has 0 radical (unpaired) electrons. The van der Waals surface area contributed by atoms with Crippen LogP contribution < -0.4 is 21.7 Å². The molecule has 2 aromatic heterocycles. The van der Waals surface area contributed by atoms with Gasteiger partial charge in [0.1, 0.15) is 17.3 Å². The minimum atomic E-state index is -0.665. The molecule has 3 rings (SSSR count). The molecule has 0 saturated heterocycles. The smallest absolute Gasteiger partial charge is 0.255 e. The molecule has 3 aromatic rings. The summed E-state index contributed by atoms with van der Waals surface area (Å²) >= 11 is 0. The summed E-state index contributed by atoms with van der Waals surface area (Å²) in [5.74, 6) is -1.68. The van der Waals surface area contributed by atoms with Crippen molar-refractivity contribution in [2.45, 2.75) is 13.3 Å². The lowest BCUT2D eigenvalue weighted by molar-refractivity contribution is -0.119. The van der Waals surface area contributed by atoms with Crippen LogP contribution in [0.2, 0.25) is 0 Å². The average molecular weight is 486 g/mol. The van der Waals surface area contributed by atoms with Crippen LogP contribution in [0.3, 0.4) is 0 Å². The van der Waals surface area contributed by atoms with E-state index in [9.17, 15) is 18.4 Å². The highest BCUT2D eigenvalue weighted by atomic mass is 19.1. The van der Waals surface area contributed by atoms with E-state index in [0.717, 1.165) is 11.6 Å². The number of aryl methyl sites for hydroxylation is 1. The summed E-state index contributed by atoms with van der Waals surface area (Å²) in [7, 11) is 1.71. The summed E-state index contributed by atoms with van der Waals surface area (Å²) in [5, 5.41) is 12.5. The number of aromatic nitrogens is 3. The Kier molecular flexibility index (Phi) is 8.85. The summed E-state index contributed by atoms with van der Waals surface area (Å²) in [6.07, 6.45) is 3.58. The van der Waals surface area contributed by atoms with E-state index in [2.05, 4.69) is 26.0 Å². The first-order valence-corrected chi connectivity index (χ1v) is 11.2. The van der Waals surface area contributed by atoms with Gasteiger partial charge in [-0.3, -0.25) is 14.3 Å². The van der Waals surface area contributed by atoms with Crippen LogP contribution in [0.4, 0.5) is 14.6 Å². The van der Waals surface area contributed by atoms with E-state index >= 15 is 0 Å². The van der Waals surface area contributed by atoms with Gasteiger partial charge in [-0.1, -0.05) is 19.1 Å². The predicted octanol–water partition coefficient (Wildman–Crippen LogP) is 1.86. The topological polar surface area (TPSA) is 127 Å². The fourth-order valence-corrected chi connectivity index (χ4v) is 3.35. The Morgan fingerprint density at radius 3 is 2.63 bits per heavy atom. The number of amides is 2. The zero-order chi connectivity index (χ0) is 25.4. The minimum Gasteiger partial charge on any atom is -0.369 e. The van der Waals surface area contributed by atoms with E-state index in [1.165, 1.54) is 23.0 Å². The van der Waals surface area contributed by atoms with Crippen LogP contribution in [-0.4, -0.2) is 52.8 Å². The molecule has 9 nitrogen and oxygen atoms in total. The van der Waals surface area contributed by atoms with Gasteiger partial charge in [-0.25, -0.2) is 13.8 Å². The van der Waals surface area contributed by atoms with Crippen LogP contribution in [0.25, 0.3) is 11.3 Å². The van der Waals surface area contributed by atoms with Gasteiger partial charge in [0.25, 0.3) is 5.91 Å². The van der Waals surface area contributed by atoms with Gasteiger partial charge in [0, 0.05) is 38.4 Å². The molecule has 35 heavy (non-hydrogen) atoms. The molecule has 0 unspecified atom stereocenters. The monoisotopic (exact) mass is 485 g/mol. The second-order valence-corrected chi connectivity index (χ2v) is 8.25. The van der Waals surface area contributed by atoms with Crippen molar-refractivity contribution in [1.82, 2.24) is 25.4 Å². The molecule has 0 fully saturated rings. The van der Waals surface area contributed by atoms with E-state index < -0.39 is 11.7 Å². The van der Waals surface area contributed by atoms with Crippen LogP contribution in [0.5, 0.6) is 0 Å². The normalized spacial score (nSPS) is 11.7. The number of hydrogen-bond donors (Lipinski definition) is 4. The Hall–Kier alpha value is -3.86. The fraction of sp³-hybridized carbons (Fsp3) is 0.333. The van der Waals surface area contributed by atoms with Gasteiger partial charge < -0.3 is 21.7 Å². The van der Waals surface area contributed by atoms with Crippen molar-refractivity contribution in [2.24, 2.45) is 18.7 Å². The van der Waals surface area contributed by atoms with E-state index in [0.29, 0.717) is 25.1 Å². The maximum Gasteiger partial charge on any atom is 0.255 e. The largest absolute Gasteiger partial charge is 0.369 e. The molecule has 0 aliphatic carbocycles. The number of benzene rings is 1. The first-order valence-electron chi connectivity index (χ1n) is 11.2. The third-order valence-electron chi connectivity index (χ3n) is 5.24. The molecular formula is C24H29F2N7O2. The van der Waals surface area contributed by atoms with E-state index in [-0.39, 0.29) is 47.8 Å². The first kappa shape index (κ1) is 25.8. The highest BCUT2D eigenvalue weighted by Gasteiger charge is 2.20. The van der Waals surface area contributed by atoms with Crippen molar-refractivity contribution in [3.05, 3.63) is 65.5 Å². The van der Waals surface area contributed by atoms with Crippen molar-refractivity contribution in [3.63, 3.8) is 0 Å². The van der Waals surface area contributed by atoms with Gasteiger partial charge in [0.15, 0.2) is 5.82 Å². The van der Waals surface area contributed by atoms with Crippen LogP contribution >= 0.6 is 0 Å². The van der Waals surface area contributed by atoms with E-state index in [1.807, 2.05) is 6.92 Å². The molecule has 1 aromatic carbocycles. The van der Waals surface area contributed by atoms with Crippen molar-refractivity contribution in [2.75, 3.05) is 31.5 Å². The number of carbonyl (C=O) groups excluding carboxylic acids is 2. The number of pyridine rings is 1. The first-order chi connectivity index (χ1) is 16.8. The third kappa shape index (κ3) is 7.31. The Bertz CT molecular complexity index is 1180. The summed E-state index contributed by atoms with van der Waals surface area (Å²) in [6.45, 7) is 2.66. The number of hydrogen-bond acceptors (Lipinski definition) is 6. The van der Waals surface area contributed by atoms with Gasteiger partial charge in [-0.2, -0.15) is 5.10 Å².